The summed E-state index contributed by atoms with van der Waals surface area (Å²) >= 11 is 0. The van der Waals surface area contributed by atoms with E-state index in [0.717, 1.165) is 5.56 Å². The summed E-state index contributed by atoms with van der Waals surface area (Å²) in [6, 6.07) is 8.43. The van der Waals surface area contributed by atoms with Gasteiger partial charge in [-0.25, -0.2) is 4.79 Å². The van der Waals surface area contributed by atoms with Gasteiger partial charge < -0.3 is 14.6 Å². The molecule has 1 rings (SSSR count). The van der Waals surface area contributed by atoms with Crippen molar-refractivity contribution in [1.29, 1.82) is 0 Å². The monoisotopic (exact) mass is 355 g/mol. The lowest BCUT2D eigenvalue weighted by atomic mass is 10.1. The van der Waals surface area contributed by atoms with E-state index >= 15 is 0 Å². The molecule has 1 aromatic rings. The van der Waals surface area contributed by atoms with Gasteiger partial charge in [0.15, 0.2) is 7.37 Å². The second-order valence-corrected chi connectivity index (χ2v) is 8.21. The molecule has 0 bridgehead atoms. The maximum atomic E-state index is 12.2. The molecule has 0 saturated heterocycles. The fourth-order valence-electron chi connectivity index (χ4n) is 2.22. The van der Waals surface area contributed by atoms with E-state index in [-0.39, 0.29) is 31.5 Å². The standard InChI is InChI=1S/C17H26NO5P/c1-4-22-17(20)15(11-12-24(3,21)23-5-2)18-16(19)13-14-9-7-6-8-10-14/h6-10,15H,4-5,11-13H2,1-3H3,(H,18,19). The van der Waals surface area contributed by atoms with Crippen molar-refractivity contribution in [2.45, 2.75) is 32.7 Å². The van der Waals surface area contributed by atoms with Crippen molar-refractivity contribution in [2.75, 3.05) is 26.0 Å². The highest BCUT2D eigenvalue weighted by atomic mass is 31.2. The zero-order valence-corrected chi connectivity index (χ0v) is 15.4. The zero-order valence-electron chi connectivity index (χ0n) is 14.5. The summed E-state index contributed by atoms with van der Waals surface area (Å²) in [7, 11) is -2.77. The minimum absolute atomic E-state index is 0.173. The number of amides is 1. The maximum absolute atomic E-state index is 12.2. The summed E-state index contributed by atoms with van der Waals surface area (Å²) in [5.74, 6) is -0.794. The predicted octanol–water partition coefficient (Wildman–Crippen LogP) is 2.61. The molecule has 1 aromatic carbocycles. The number of nitrogens with one attached hydrogen (secondary N) is 1. The Morgan fingerprint density at radius 1 is 1.17 bits per heavy atom. The first-order chi connectivity index (χ1) is 11.4. The Labute approximate surface area is 143 Å². The lowest BCUT2D eigenvalue weighted by Crippen LogP contribution is -2.43. The van der Waals surface area contributed by atoms with Gasteiger partial charge in [-0.3, -0.25) is 9.36 Å². The third-order valence-electron chi connectivity index (χ3n) is 3.34. The van der Waals surface area contributed by atoms with E-state index in [1.807, 2.05) is 30.3 Å². The van der Waals surface area contributed by atoms with Crippen LogP contribution in [0.15, 0.2) is 30.3 Å². The van der Waals surface area contributed by atoms with Crippen molar-refractivity contribution in [1.82, 2.24) is 5.32 Å². The molecule has 7 heteroatoms. The SMILES string of the molecule is CCOC(=O)C(CCP(C)(=O)OCC)NC(=O)Cc1ccccc1. The first-order valence-electron chi connectivity index (χ1n) is 8.09. The molecule has 0 fully saturated rings. The van der Waals surface area contributed by atoms with E-state index in [9.17, 15) is 14.2 Å². The molecule has 0 radical (unpaired) electrons. The first kappa shape index (κ1) is 20.4. The predicted molar refractivity (Wildman–Crippen MR) is 93.4 cm³/mol. The molecule has 0 aliphatic rings. The molecule has 0 saturated carbocycles. The topological polar surface area (TPSA) is 81.7 Å². The number of ether oxygens (including phenoxy) is 1. The van der Waals surface area contributed by atoms with Crippen LogP contribution in [0.2, 0.25) is 0 Å². The molecule has 134 valence electrons. The van der Waals surface area contributed by atoms with Crippen LogP contribution >= 0.6 is 7.37 Å². The average molecular weight is 355 g/mol. The molecular weight excluding hydrogens is 329 g/mol. The Balaban J connectivity index is 2.66. The lowest BCUT2D eigenvalue weighted by Gasteiger charge is -2.19. The number of rotatable bonds is 10. The summed E-state index contributed by atoms with van der Waals surface area (Å²) in [6.07, 6.45) is 0.592. The summed E-state index contributed by atoms with van der Waals surface area (Å²) in [6.45, 7) is 5.56. The van der Waals surface area contributed by atoms with Crippen molar-refractivity contribution >= 4 is 19.2 Å². The molecule has 6 nitrogen and oxygen atoms in total. The molecule has 1 amide bonds. The van der Waals surface area contributed by atoms with E-state index in [4.69, 9.17) is 9.26 Å². The summed E-state index contributed by atoms with van der Waals surface area (Å²) in [5, 5.41) is 2.67. The smallest absolute Gasteiger partial charge is 0.328 e. The summed E-state index contributed by atoms with van der Waals surface area (Å²) in [4.78, 5) is 24.2. The molecule has 2 atom stereocenters. The van der Waals surface area contributed by atoms with Gasteiger partial charge in [0, 0.05) is 12.8 Å². The summed E-state index contributed by atoms with van der Waals surface area (Å²) < 4.78 is 22.4. The van der Waals surface area contributed by atoms with Crippen LogP contribution in [0, 0.1) is 0 Å². The van der Waals surface area contributed by atoms with Gasteiger partial charge in [0.2, 0.25) is 5.91 Å². The molecule has 0 aromatic heterocycles. The number of carbonyl (C=O) groups excluding carboxylic acids is 2. The number of esters is 1. The largest absolute Gasteiger partial charge is 0.464 e. The summed E-state index contributed by atoms with van der Waals surface area (Å²) in [5.41, 5.74) is 0.855. The van der Waals surface area contributed by atoms with E-state index in [1.54, 1.807) is 13.8 Å². The first-order valence-corrected chi connectivity index (χ1v) is 10.3. The highest BCUT2D eigenvalue weighted by Crippen LogP contribution is 2.43. The lowest BCUT2D eigenvalue weighted by molar-refractivity contribution is -0.147. The quantitative estimate of drug-likeness (QED) is 0.515. The van der Waals surface area contributed by atoms with Crippen molar-refractivity contribution in [2.24, 2.45) is 0 Å². The van der Waals surface area contributed by atoms with Gasteiger partial charge in [-0.05, 0) is 25.8 Å². The van der Waals surface area contributed by atoms with Crippen LogP contribution in [0.1, 0.15) is 25.8 Å². The molecule has 1 N–H and O–H groups in total. The number of hydrogen-bond donors (Lipinski definition) is 1. The van der Waals surface area contributed by atoms with Crippen LogP contribution < -0.4 is 5.32 Å². The van der Waals surface area contributed by atoms with Crippen LogP contribution in [0.3, 0.4) is 0 Å². The number of carbonyl (C=O) groups is 2. The van der Waals surface area contributed by atoms with Crippen molar-refractivity contribution in [3.63, 3.8) is 0 Å². The molecule has 2 unspecified atom stereocenters. The minimum atomic E-state index is -2.77. The fourth-order valence-corrected chi connectivity index (χ4v) is 3.62. The van der Waals surface area contributed by atoms with E-state index in [1.165, 1.54) is 6.66 Å². The van der Waals surface area contributed by atoms with E-state index in [2.05, 4.69) is 5.32 Å². The van der Waals surface area contributed by atoms with Gasteiger partial charge in [0.25, 0.3) is 0 Å². The van der Waals surface area contributed by atoms with Crippen molar-refractivity contribution < 1.29 is 23.4 Å². The normalized spacial score (nSPS) is 14.5. The van der Waals surface area contributed by atoms with Crippen molar-refractivity contribution in [3.05, 3.63) is 35.9 Å². The van der Waals surface area contributed by atoms with Gasteiger partial charge in [-0.2, -0.15) is 0 Å². The second kappa shape index (κ2) is 10.3. The molecule has 0 aliphatic carbocycles. The van der Waals surface area contributed by atoms with Crippen LogP contribution in [0.5, 0.6) is 0 Å². The number of benzene rings is 1. The van der Waals surface area contributed by atoms with E-state index in [0.29, 0.717) is 6.61 Å². The van der Waals surface area contributed by atoms with Crippen LogP contribution in [-0.4, -0.2) is 44.0 Å². The molecule has 0 heterocycles. The van der Waals surface area contributed by atoms with Gasteiger partial charge in [-0.15, -0.1) is 0 Å². The third kappa shape index (κ3) is 7.75. The van der Waals surface area contributed by atoms with Gasteiger partial charge in [0.1, 0.15) is 6.04 Å². The molecular formula is C17H26NO5P. The van der Waals surface area contributed by atoms with E-state index < -0.39 is 19.4 Å². The van der Waals surface area contributed by atoms with Gasteiger partial charge >= 0.3 is 5.97 Å². The molecule has 24 heavy (non-hydrogen) atoms. The Bertz CT molecular complexity index is 576. The Hall–Kier alpha value is -1.65. The molecule has 0 spiro atoms. The highest BCUT2D eigenvalue weighted by Gasteiger charge is 2.26. The van der Waals surface area contributed by atoms with Crippen LogP contribution in [0.4, 0.5) is 0 Å². The van der Waals surface area contributed by atoms with Crippen LogP contribution in [-0.2, 0) is 29.8 Å². The van der Waals surface area contributed by atoms with Crippen molar-refractivity contribution in [3.8, 4) is 0 Å². The highest BCUT2D eigenvalue weighted by molar-refractivity contribution is 7.58. The second-order valence-electron chi connectivity index (χ2n) is 5.48. The van der Waals surface area contributed by atoms with Gasteiger partial charge in [-0.1, -0.05) is 30.3 Å². The van der Waals surface area contributed by atoms with Gasteiger partial charge in [0.05, 0.1) is 19.6 Å². The Kier molecular flexibility index (Phi) is 8.72. The maximum Gasteiger partial charge on any atom is 0.328 e. The average Bonchev–Trinajstić information content (AvgIpc) is 2.52. The Morgan fingerprint density at radius 3 is 2.42 bits per heavy atom. The third-order valence-corrected chi connectivity index (χ3v) is 5.21. The molecule has 0 aliphatic heterocycles. The number of hydrogen-bond acceptors (Lipinski definition) is 5. The minimum Gasteiger partial charge on any atom is -0.464 e. The zero-order chi connectivity index (χ0) is 18.0. The fraction of sp³-hybridized carbons (Fsp3) is 0.529. The Morgan fingerprint density at radius 2 is 1.83 bits per heavy atom. The van der Waals surface area contributed by atoms with Crippen LogP contribution in [0.25, 0.3) is 0 Å².